The highest BCUT2D eigenvalue weighted by molar-refractivity contribution is 7.99. The molecule has 0 saturated carbocycles. The molecule has 0 spiro atoms. The lowest BCUT2D eigenvalue weighted by atomic mass is 10.2. The number of amides is 1. The fourth-order valence-electron chi connectivity index (χ4n) is 2.22. The predicted octanol–water partition coefficient (Wildman–Crippen LogP) is 2.31. The molecule has 3 rings (SSSR count). The number of carbonyl (C=O) groups is 2. The first-order valence-electron chi connectivity index (χ1n) is 7.60. The molecule has 3 aromatic rings. The Hall–Kier alpha value is -3.20. The quantitative estimate of drug-likeness (QED) is 0.642. The number of nitrogens with zero attached hydrogens (tertiary/aromatic N) is 4. The fraction of sp³-hybridized carbons (Fsp3) is 0.118. The van der Waals surface area contributed by atoms with Gasteiger partial charge in [0.25, 0.3) is 0 Å². The zero-order chi connectivity index (χ0) is 18.5. The van der Waals surface area contributed by atoms with Crippen LogP contribution >= 0.6 is 11.8 Å². The van der Waals surface area contributed by atoms with Gasteiger partial charge in [-0.15, -0.1) is 10.2 Å². The molecule has 0 aliphatic rings. The highest BCUT2D eigenvalue weighted by Gasteiger charge is 2.13. The smallest absolute Gasteiger partial charge is 0.335 e. The number of pyridine rings is 1. The monoisotopic (exact) mass is 369 g/mol. The van der Waals surface area contributed by atoms with E-state index in [1.54, 1.807) is 24.5 Å². The summed E-state index contributed by atoms with van der Waals surface area (Å²) >= 11 is 1.27. The molecule has 0 bridgehead atoms. The molecule has 8 nitrogen and oxygen atoms in total. The molecule has 0 fully saturated rings. The van der Waals surface area contributed by atoms with E-state index in [1.165, 1.54) is 23.9 Å². The summed E-state index contributed by atoms with van der Waals surface area (Å²) < 4.78 is 1.81. The number of aromatic carboxylic acids is 1. The maximum absolute atomic E-state index is 12.1. The van der Waals surface area contributed by atoms with Gasteiger partial charge in [0, 0.05) is 30.7 Å². The molecule has 1 aromatic carbocycles. The summed E-state index contributed by atoms with van der Waals surface area (Å²) in [6.07, 6.45) is 3.36. The van der Waals surface area contributed by atoms with Crippen molar-refractivity contribution in [2.75, 3.05) is 11.1 Å². The van der Waals surface area contributed by atoms with E-state index in [0.717, 1.165) is 5.56 Å². The Morgan fingerprint density at radius 3 is 2.46 bits per heavy atom. The minimum absolute atomic E-state index is 0.156. The minimum atomic E-state index is -1.01. The second-order valence-corrected chi connectivity index (χ2v) is 6.26. The van der Waals surface area contributed by atoms with Crippen molar-refractivity contribution in [1.82, 2.24) is 19.7 Å². The third kappa shape index (κ3) is 4.06. The van der Waals surface area contributed by atoms with Gasteiger partial charge in [-0.05, 0) is 36.4 Å². The van der Waals surface area contributed by atoms with Crippen LogP contribution in [0, 0.1) is 0 Å². The molecule has 0 aliphatic heterocycles. The average molecular weight is 369 g/mol. The van der Waals surface area contributed by atoms with Gasteiger partial charge >= 0.3 is 5.97 Å². The zero-order valence-corrected chi connectivity index (χ0v) is 14.6. The lowest BCUT2D eigenvalue weighted by Crippen LogP contribution is -2.14. The summed E-state index contributed by atoms with van der Waals surface area (Å²) in [4.78, 5) is 26.9. The number of nitrogens with one attached hydrogen (secondary N) is 1. The van der Waals surface area contributed by atoms with Crippen molar-refractivity contribution in [3.8, 4) is 11.4 Å². The summed E-state index contributed by atoms with van der Waals surface area (Å²) in [5.74, 6) is -0.375. The summed E-state index contributed by atoms with van der Waals surface area (Å²) in [5, 5.41) is 20.5. The molecule has 2 N–H and O–H groups in total. The Kier molecular flexibility index (Phi) is 5.28. The number of benzene rings is 1. The first-order valence-corrected chi connectivity index (χ1v) is 8.59. The average Bonchev–Trinajstić information content (AvgIpc) is 3.02. The number of carbonyl (C=O) groups excluding carboxylic acids is 1. The van der Waals surface area contributed by atoms with Crippen molar-refractivity contribution in [3.05, 3.63) is 54.4 Å². The first-order chi connectivity index (χ1) is 12.5. The van der Waals surface area contributed by atoms with E-state index in [9.17, 15) is 9.59 Å². The van der Waals surface area contributed by atoms with Crippen molar-refractivity contribution >= 4 is 29.3 Å². The van der Waals surface area contributed by atoms with E-state index < -0.39 is 5.97 Å². The van der Waals surface area contributed by atoms with E-state index in [0.29, 0.717) is 16.7 Å². The molecule has 0 aliphatic carbocycles. The number of carboxylic acids is 1. The topological polar surface area (TPSA) is 110 Å². The van der Waals surface area contributed by atoms with Gasteiger partial charge in [0.1, 0.15) is 0 Å². The van der Waals surface area contributed by atoms with Gasteiger partial charge in [0.05, 0.1) is 11.3 Å². The number of carboxylic acid groups (broad SMARTS) is 1. The fourth-order valence-corrected chi connectivity index (χ4v) is 2.93. The van der Waals surface area contributed by atoms with Gasteiger partial charge in [0.2, 0.25) is 5.91 Å². The summed E-state index contributed by atoms with van der Waals surface area (Å²) in [6, 6.07) is 9.66. The SMILES string of the molecule is Cn1c(SCC(=O)Nc2ccc(C(=O)O)cc2)nnc1-c1ccncc1. The van der Waals surface area contributed by atoms with Gasteiger partial charge in [-0.3, -0.25) is 9.78 Å². The third-order valence-corrected chi connectivity index (χ3v) is 4.54. The second kappa shape index (κ2) is 7.79. The van der Waals surface area contributed by atoms with Crippen molar-refractivity contribution in [2.24, 2.45) is 7.05 Å². The number of aromatic nitrogens is 4. The molecule has 0 unspecified atom stereocenters. The van der Waals surface area contributed by atoms with Crippen LogP contribution in [0.5, 0.6) is 0 Å². The van der Waals surface area contributed by atoms with Crippen molar-refractivity contribution in [2.45, 2.75) is 5.16 Å². The van der Waals surface area contributed by atoms with E-state index in [2.05, 4.69) is 20.5 Å². The van der Waals surface area contributed by atoms with Crippen LogP contribution in [-0.4, -0.2) is 42.5 Å². The van der Waals surface area contributed by atoms with Crippen LogP contribution in [0.3, 0.4) is 0 Å². The van der Waals surface area contributed by atoms with Crippen LogP contribution in [0.25, 0.3) is 11.4 Å². The lowest BCUT2D eigenvalue weighted by molar-refractivity contribution is -0.113. The number of rotatable bonds is 6. The second-order valence-electron chi connectivity index (χ2n) is 5.32. The Labute approximate surface area is 153 Å². The normalized spacial score (nSPS) is 10.5. The molecule has 1 amide bonds. The molecule has 0 saturated heterocycles. The molecule has 0 atom stereocenters. The van der Waals surface area contributed by atoms with Crippen molar-refractivity contribution in [3.63, 3.8) is 0 Å². The standard InChI is InChI=1S/C17H15N5O3S/c1-22-15(11-6-8-18-9-7-11)20-21-17(22)26-10-14(23)19-13-4-2-12(3-5-13)16(24)25/h2-9H,10H2,1H3,(H,19,23)(H,24,25). The minimum Gasteiger partial charge on any atom is -0.478 e. The third-order valence-electron chi connectivity index (χ3n) is 3.52. The molecule has 9 heteroatoms. The van der Waals surface area contributed by atoms with Gasteiger partial charge in [-0.25, -0.2) is 4.79 Å². The summed E-state index contributed by atoms with van der Waals surface area (Å²) in [6.45, 7) is 0. The Morgan fingerprint density at radius 1 is 1.12 bits per heavy atom. The van der Waals surface area contributed by atoms with Gasteiger partial charge in [-0.1, -0.05) is 11.8 Å². The zero-order valence-electron chi connectivity index (χ0n) is 13.8. The van der Waals surface area contributed by atoms with Crippen LogP contribution in [0.1, 0.15) is 10.4 Å². The Bertz CT molecular complexity index is 925. The molecule has 2 aromatic heterocycles. The maximum Gasteiger partial charge on any atom is 0.335 e. The summed E-state index contributed by atoms with van der Waals surface area (Å²) in [5.41, 5.74) is 1.60. The number of thioether (sulfide) groups is 1. The maximum atomic E-state index is 12.1. The van der Waals surface area contributed by atoms with Gasteiger partial charge in [-0.2, -0.15) is 0 Å². The molecule has 26 heavy (non-hydrogen) atoms. The molecule has 0 radical (unpaired) electrons. The lowest BCUT2D eigenvalue weighted by Gasteiger charge is -2.06. The Morgan fingerprint density at radius 2 is 1.81 bits per heavy atom. The van der Waals surface area contributed by atoms with E-state index in [4.69, 9.17) is 5.11 Å². The summed E-state index contributed by atoms with van der Waals surface area (Å²) in [7, 11) is 1.83. The van der Waals surface area contributed by atoms with E-state index >= 15 is 0 Å². The van der Waals surface area contributed by atoms with Gasteiger partial charge in [0.15, 0.2) is 11.0 Å². The van der Waals surface area contributed by atoms with Crippen LogP contribution in [-0.2, 0) is 11.8 Å². The molecule has 132 valence electrons. The van der Waals surface area contributed by atoms with Crippen LogP contribution in [0.2, 0.25) is 0 Å². The van der Waals surface area contributed by atoms with Gasteiger partial charge < -0.3 is 15.0 Å². The largest absolute Gasteiger partial charge is 0.478 e. The predicted molar refractivity (Wildman–Crippen MR) is 97.0 cm³/mol. The number of anilines is 1. The molecular formula is C17H15N5O3S. The number of hydrogen-bond acceptors (Lipinski definition) is 6. The molecular weight excluding hydrogens is 354 g/mol. The number of hydrogen-bond donors (Lipinski definition) is 2. The van der Waals surface area contributed by atoms with Crippen LogP contribution in [0.15, 0.2) is 53.9 Å². The van der Waals surface area contributed by atoms with Crippen molar-refractivity contribution < 1.29 is 14.7 Å². The van der Waals surface area contributed by atoms with E-state index in [1.807, 2.05) is 23.7 Å². The molecule has 2 heterocycles. The van der Waals surface area contributed by atoms with Crippen molar-refractivity contribution in [1.29, 1.82) is 0 Å². The first kappa shape index (κ1) is 17.6. The Balaban J connectivity index is 1.60. The van der Waals surface area contributed by atoms with Crippen LogP contribution in [0.4, 0.5) is 5.69 Å². The van der Waals surface area contributed by atoms with Crippen LogP contribution < -0.4 is 5.32 Å². The highest BCUT2D eigenvalue weighted by atomic mass is 32.2. The highest BCUT2D eigenvalue weighted by Crippen LogP contribution is 2.22. The van der Waals surface area contributed by atoms with E-state index in [-0.39, 0.29) is 17.2 Å².